The van der Waals surface area contributed by atoms with Crippen LogP contribution in [-0.4, -0.2) is 53.3 Å². The summed E-state index contributed by atoms with van der Waals surface area (Å²) < 4.78 is 11.1. The molecule has 0 aliphatic carbocycles. The number of amides is 1. The van der Waals surface area contributed by atoms with Crippen molar-refractivity contribution in [2.24, 2.45) is 0 Å². The largest absolute Gasteiger partial charge is 0.449 e. The quantitative estimate of drug-likeness (QED) is 0.892. The highest BCUT2D eigenvalue weighted by molar-refractivity contribution is 5.94. The van der Waals surface area contributed by atoms with E-state index in [4.69, 9.17) is 9.47 Å². The van der Waals surface area contributed by atoms with Crippen LogP contribution in [-0.2, 0) is 9.53 Å². The number of rotatable bonds is 5. The maximum absolute atomic E-state index is 12.7. The predicted octanol–water partition coefficient (Wildman–Crippen LogP) is 1.15. The van der Waals surface area contributed by atoms with Crippen molar-refractivity contribution >= 4 is 11.6 Å². The summed E-state index contributed by atoms with van der Waals surface area (Å²) in [6.07, 6.45) is 2.20. The van der Waals surface area contributed by atoms with Gasteiger partial charge >= 0.3 is 0 Å². The van der Waals surface area contributed by atoms with Crippen LogP contribution in [0.3, 0.4) is 0 Å². The molecule has 1 aliphatic rings. The lowest BCUT2D eigenvalue weighted by Gasteiger charge is -2.32. The molecule has 1 fully saturated rings. The lowest BCUT2D eigenvalue weighted by atomic mass is 10.3. The van der Waals surface area contributed by atoms with Gasteiger partial charge in [0.25, 0.3) is 5.91 Å². The Hall–Kier alpha value is -2.51. The van der Waals surface area contributed by atoms with Crippen molar-refractivity contribution in [3.8, 4) is 5.88 Å². The molecule has 1 saturated heterocycles. The third-order valence-electron chi connectivity index (χ3n) is 3.43. The molecule has 1 atom stereocenters. The van der Waals surface area contributed by atoms with Crippen molar-refractivity contribution in [2.45, 2.75) is 6.23 Å². The molecule has 120 valence electrons. The molecule has 23 heavy (non-hydrogen) atoms. The van der Waals surface area contributed by atoms with Crippen molar-refractivity contribution in [3.63, 3.8) is 0 Å². The summed E-state index contributed by atoms with van der Waals surface area (Å²) in [4.78, 5) is 22.5. The van der Waals surface area contributed by atoms with E-state index in [2.05, 4.69) is 15.3 Å². The average molecular weight is 314 g/mol. The lowest BCUT2D eigenvalue weighted by molar-refractivity contribution is -0.135. The van der Waals surface area contributed by atoms with Gasteiger partial charge in [-0.15, -0.1) is 0 Å². The van der Waals surface area contributed by atoms with Crippen LogP contribution in [0.1, 0.15) is 0 Å². The molecule has 1 unspecified atom stereocenters. The van der Waals surface area contributed by atoms with Crippen LogP contribution in [0.4, 0.5) is 5.69 Å². The minimum Gasteiger partial charge on any atom is -0.449 e. The van der Waals surface area contributed by atoms with Crippen molar-refractivity contribution in [1.82, 2.24) is 14.9 Å². The Kier molecular flexibility index (Phi) is 5.13. The molecule has 0 saturated carbocycles. The van der Waals surface area contributed by atoms with E-state index in [-0.39, 0.29) is 5.91 Å². The molecule has 0 bridgehead atoms. The maximum Gasteiger partial charge on any atom is 0.281 e. The van der Waals surface area contributed by atoms with Gasteiger partial charge in [-0.05, 0) is 12.1 Å². The number of hydrogen-bond donors (Lipinski definition) is 1. The van der Waals surface area contributed by atoms with E-state index in [0.717, 1.165) is 5.69 Å². The number of morpholine rings is 1. The van der Waals surface area contributed by atoms with Gasteiger partial charge in [0.05, 0.1) is 13.2 Å². The second-order valence-electron chi connectivity index (χ2n) is 5.02. The number of nitrogens with one attached hydrogen (secondary N) is 1. The van der Waals surface area contributed by atoms with E-state index in [1.165, 1.54) is 6.33 Å². The number of carbonyl (C=O) groups excluding carboxylic acids is 1. The summed E-state index contributed by atoms with van der Waals surface area (Å²) >= 11 is 0. The molecule has 3 rings (SSSR count). The van der Waals surface area contributed by atoms with Gasteiger partial charge in [0.15, 0.2) is 0 Å². The van der Waals surface area contributed by atoms with Crippen molar-refractivity contribution in [3.05, 3.63) is 48.9 Å². The SMILES string of the molecule is O=C(Nc1ccccc1)C(Oc1ccncn1)N1CCOCC1. The average Bonchev–Trinajstić information content (AvgIpc) is 2.62. The number of hydrogen-bond acceptors (Lipinski definition) is 6. The number of benzene rings is 1. The summed E-state index contributed by atoms with van der Waals surface area (Å²) in [5.41, 5.74) is 0.724. The first-order chi connectivity index (χ1) is 11.3. The molecule has 1 aliphatic heterocycles. The fourth-order valence-electron chi connectivity index (χ4n) is 2.29. The zero-order valence-corrected chi connectivity index (χ0v) is 12.6. The van der Waals surface area contributed by atoms with E-state index in [0.29, 0.717) is 32.2 Å². The van der Waals surface area contributed by atoms with Gasteiger partial charge in [0.2, 0.25) is 12.1 Å². The maximum atomic E-state index is 12.7. The molecule has 0 radical (unpaired) electrons. The van der Waals surface area contributed by atoms with Gasteiger partial charge in [0.1, 0.15) is 6.33 Å². The highest BCUT2D eigenvalue weighted by Crippen LogP contribution is 2.14. The number of nitrogens with zero attached hydrogens (tertiary/aromatic N) is 3. The van der Waals surface area contributed by atoms with Crippen molar-refractivity contribution in [2.75, 3.05) is 31.6 Å². The van der Waals surface area contributed by atoms with E-state index in [1.807, 2.05) is 35.2 Å². The van der Waals surface area contributed by atoms with Gasteiger partial charge in [-0.1, -0.05) is 18.2 Å². The molecule has 7 heteroatoms. The number of carbonyl (C=O) groups is 1. The molecule has 1 N–H and O–H groups in total. The van der Waals surface area contributed by atoms with Crippen LogP contribution in [0, 0.1) is 0 Å². The Morgan fingerprint density at radius 3 is 2.70 bits per heavy atom. The van der Waals surface area contributed by atoms with E-state index >= 15 is 0 Å². The van der Waals surface area contributed by atoms with E-state index in [9.17, 15) is 4.79 Å². The van der Waals surface area contributed by atoms with Gasteiger partial charge in [-0.25, -0.2) is 9.97 Å². The first-order valence-electron chi connectivity index (χ1n) is 7.43. The molecular formula is C16H18N4O3. The van der Waals surface area contributed by atoms with E-state index in [1.54, 1.807) is 12.3 Å². The summed E-state index contributed by atoms with van der Waals surface area (Å²) in [5.74, 6) is 0.122. The monoisotopic (exact) mass is 314 g/mol. The zero-order valence-electron chi connectivity index (χ0n) is 12.6. The van der Waals surface area contributed by atoms with Crippen LogP contribution in [0.5, 0.6) is 5.88 Å². The molecular weight excluding hydrogens is 296 g/mol. The number of aromatic nitrogens is 2. The smallest absolute Gasteiger partial charge is 0.281 e. The third kappa shape index (κ3) is 4.24. The van der Waals surface area contributed by atoms with Crippen LogP contribution in [0.25, 0.3) is 0 Å². The molecule has 1 amide bonds. The summed E-state index contributed by atoms with van der Waals surface area (Å²) in [5, 5.41) is 2.87. The predicted molar refractivity (Wildman–Crippen MR) is 83.9 cm³/mol. The van der Waals surface area contributed by atoms with Crippen LogP contribution < -0.4 is 10.1 Å². The van der Waals surface area contributed by atoms with Gasteiger partial charge in [-0.3, -0.25) is 9.69 Å². The van der Waals surface area contributed by atoms with Gasteiger partial charge in [-0.2, -0.15) is 0 Å². The number of para-hydroxylation sites is 1. The van der Waals surface area contributed by atoms with Crippen LogP contribution in [0.2, 0.25) is 0 Å². The number of ether oxygens (including phenoxy) is 2. The fraction of sp³-hybridized carbons (Fsp3) is 0.312. The minimum atomic E-state index is -0.769. The van der Waals surface area contributed by atoms with Gasteiger partial charge in [0, 0.05) is 31.0 Å². The molecule has 2 heterocycles. The minimum absolute atomic E-state index is 0.239. The number of anilines is 1. The third-order valence-corrected chi connectivity index (χ3v) is 3.43. The van der Waals surface area contributed by atoms with Crippen molar-refractivity contribution in [1.29, 1.82) is 0 Å². The summed E-state index contributed by atoms with van der Waals surface area (Å²) in [7, 11) is 0. The highest BCUT2D eigenvalue weighted by atomic mass is 16.5. The zero-order chi connectivity index (χ0) is 15.9. The Bertz CT molecular complexity index is 618. The molecule has 2 aromatic rings. The molecule has 1 aromatic carbocycles. The molecule has 7 nitrogen and oxygen atoms in total. The standard InChI is InChI=1S/C16H18N4O3/c21-15(19-13-4-2-1-3-5-13)16(20-8-10-22-11-9-20)23-14-6-7-17-12-18-14/h1-7,12,16H,8-11H2,(H,19,21). The fourth-order valence-corrected chi connectivity index (χ4v) is 2.29. The first kappa shape index (κ1) is 15.4. The molecule has 0 spiro atoms. The topological polar surface area (TPSA) is 76.6 Å². The summed E-state index contributed by atoms with van der Waals surface area (Å²) in [6, 6.07) is 10.9. The first-order valence-corrected chi connectivity index (χ1v) is 7.43. The van der Waals surface area contributed by atoms with Crippen molar-refractivity contribution < 1.29 is 14.3 Å². The second kappa shape index (κ2) is 7.66. The van der Waals surface area contributed by atoms with Gasteiger partial charge < -0.3 is 14.8 Å². The Balaban J connectivity index is 1.74. The highest BCUT2D eigenvalue weighted by Gasteiger charge is 2.29. The second-order valence-corrected chi connectivity index (χ2v) is 5.02. The molecule has 1 aromatic heterocycles. The van der Waals surface area contributed by atoms with E-state index < -0.39 is 6.23 Å². The summed E-state index contributed by atoms with van der Waals surface area (Å²) in [6.45, 7) is 2.39. The van der Waals surface area contributed by atoms with Crippen LogP contribution >= 0.6 is 0 Å². The normalized spacial score (nSPS) is 16.5. The van der Waals surface area contributed by atoms with Crippen LogP contribution in [0.15, 0.2) is 48.9 Å². The Morgan fingerprint density at radius 2 is 2.00 bits per heavy atom. The lowest BCUT2D eigenvalue weighted by Crippen LogP contribution is -2.52. The Morgan fingerprint density at radius 1 is 1.22 bits per heavy atom. The Labute approximate surface area is 134 Å².